The second kappa shape index (κ2) is 8.96. The molecule has 0 saturated heterocycles. The molecule has 0 unspecified atom stereocenters. The fourth-order valence-electron chi connectivity index (χ4n) is 2.89. The highest BCUT2D eigenvalue weighted by molar-refractivity contribution is 6.37. The van der Waals surface area contributed by atoms with Gasteiger partial charge in [0.1, 0.15) is 11.8 Å². The summed E-state index contributed by atoms with van der Waals surface area (Å²) < 4.78 is 7.91. The Bertz CT molecular complexity index is 1590. The molecule has 0 fully saturated rings. The summed E-state index contributed by atoms with van der Waals surface area (Å²) >= 11 is 18.7. The van der Waals surface area contributed by atoms with Gasteiger partial charge in [0.25, 0.3) is 11.1 Å². The van der Waals surface area contributed by atoms with E-state index in [1.165, 1.54) is 35.0 Å². The molecular formula is C21H10Cl3N5O4. The zero-order chi connectivity index (χ0) is 23.7. The van der Waals surface area contributed by atoms with Crippen LogP contribution in [0.4, 0.5) is 0 Å². The van der Waals surface area contributed by atoms with E-state index in [2.05, 4.69) is 5.10 Å². The van der Waals surface area contributed by atoms with Crippen molar-refractivity contribution in [3.05, 3.63) is 107 Å². The quantitative estimate of drug-likeness (QED) is 0.454. The van der Waals surface area contributed by atoms with E-state index in [-0.39, 0.29) is 32.8 Å². The first-order valence-electron chi connectivity index (χ1n) is 9.06. The van der Waals surface area contributed by atoms with Gasteiger partial charge in [-0.1, -0.05) is 40.9 Å². The van der Waals surface area contributed by atoms with Gasteiger partial charge in [-0.25, -0.2) is 4.79 Å². The largest absolute Gasteiger partial charge is 0.453 e. The molecule has 33 heavy (non-hydrogen) atoms. The summed E-state index contributed by atoms with van der Waals surface area (Å²) in [7, 11) is 0. The van der Waals surface area contributed by atoms with Crippen molar-refractivity contribution >= 4 is 34.8 Å². The Hall–Kier alpha value is -3.84. The first-order valence-corrected chi connectivity index (χ1v) is 10.2. The number of nitriles is 1. The van der Waals surface area contributed by atoms with E-state index in [1.54, 1.807) is 30.3 Å². The van der Waals surface area contributed by atoms with E-state index in [9.17, 15) is 14.4 Å². The van der Waals surface area contributed by atoms with Gasteiger partial charge in [0.15, 0.2) is 5.75 Å². The Morgan fingerprint density at radius 1 is 0.970 bits per heavy atom. The van der Waals surface area contributed by atoms with Gasteiger partial charge in [-0.15, -0.1) is 5.10 Å². The van der Waals surface area contributed by atoms with Crippen molar-refractivity contribution in [2.45, 2.75) is 0 Å². The third-order valence-corrected chi connectivity index (χ3v) is 5.15. The monoisotopic (exact) mass is 501 g/mol. The zero-order valence-corrected chi connectivity index (χ0v) is 18.5. The van der Waals surface area contributed by atoms with E-state index in [4.69, 9.17) is 44.8 Å². The molecule has 0 atom stereocenters. The molecule has 4 aromatic rings. The van der Waals surface area contributed by atoms with Crippen LogP contribution in [0.5, 0.6) is 11.5 Å². The maximum atomic E-state index is 12.3. The number of pyridine rings is 1. The van der Waals surface area contributed by atoms with Crippen molar-refractivity contribution in [3.63, 3.8) is 0 Å². The van der Waals surface area contributed by atoms with Crippen molar-refractivity contribution in [3.8, 4) is 28.9 Å². The number of rotatable bonds is 4. The molecule has 0 radical (unpaired) electrons. The summed E-state index contributed by atoms with van der Waals surface area (Å²) in [6, 6.07) is 13.7. The maximum Gasteiger partial charge on any atom is 0.349 e. The van der Waals surface area contributed by atoms with Gasteiger partial charge in [0.05, 0.1) is 27.6 Å². The van der Waals surface area contributed by atoms with Crippen LogP contribution in [0.1, 0.15) is 5.69 Å². The van der Waals surface area contributed by atoms with E-state index in [1.807, 2.05) is 4.98 Å². The second-order valence-electron chi connectivity index (χ2n) is 6.53. The topological polar surface area (TPSA) is 123 Å². The van der Waals surface area contributed by atoms with E-state index >= 15 is 0 Å². The number of nitrogens with one attached hydrogen (secondary N) is 1. The lowest BCUT2D eigenvalue weighted by Crippen LogP contribution is -2.33. The first-order chi connectivity index (χ1) is 15.8. The Kier molecular flexibility index (Phi) is 6.07. The number of hydrogen-bond donors (Lipinski definition) is 1. The molecule has 164 valence electrons. The van der Waals surface area contributed by atoms with Gasteiger partial charge in [-0.05, 0) is 36.4 Å². The van der Waals surface area contributed by atoms with Gasteiger partial charge in [0.2, 0.25) is 5.69 Å². The fraction of sp³-hybridized carbons (Fsp3) is 0. The average molecular weight is 503 g/mol. The molecule has 0 aliphatic carbocycles. The Morgan fingerprint density at radius 3 is 2.36 bits per heavy atom. The number of H-pyrrole nitrogens is 1. The summed E-state index contributed by atoms with van der Waals surface area (Å²) in [5.41, 5.74) is -1.99. The van der Waals surface area contributed by atoms with E-state index < -0.39 is 16.9 Å². The van der Waals surface area contributed by atoms with Crippen LogP contribution in [0.3, 0.4) is 0 Å². The van der Waals surface area contributed by atoms with Gasteiger partial charge in [-0.2, -0.15) is 9.94 Å². The normalized spacial score (nSPS) is 10.6. The minimum atomic E-state index is -0.911. The lowest BCUT2D eigenvalue weighted by Gasteiger charge is -2.13. The van der Waals surface area contributed by atoms with Crippen LogP contribution in [0.15, 0.2) is 69.1 Å². The molecule has 9 nitrogen and oxygen atoms in total. The minimum Gasteiger partial charge on any atom is -0.453 e. The first kappa shape index (κ1) is 22.4. The molecule has 0 saturated carbocycles. The van der Waals surface area contributed by atoms with Gasteiger partial charge >= 0.3 is 5.69 Å². The van der Waals surface area contributed by atoms with Crippen LogP contribution in [-0.2, 0) is 0 Å². The Labute approximate surface area is 199 Å². The molecule has 12 heteroatoms. The Morgan fingerprint density at radius 2 is 1.70 bits per heavy atom. The summed E-state index contributed by atoms with van der Waals surface area (Å²) in [5, 5.41) is 13.2. The Balaban J connectivity index is 1.74. The molecular weight excluding hydrogens is 493 g/mol. The van der Waals surface area contributed by atoms with Gasteiger partial charge in [-0.3, -0.25) is 19.1 Å². The van der Waals surface area contributed by atoms with Crippen molar-refractivity contribution in [2.75, 3.05) is 0 Å². The molecule has 0 aliphatic heterocycles. The summed E-state index contributed by atoms with van der Waals surface area (Å²) in [4.78, 5) is 38.0. The van der Waals surface area contributed by atoms with Crippen molar-refractivity contribution in [1.82, 2.24) is 19.3 Å². The molecule has 2 aromatic heterocycles. The highest BCUT2D eigenvalue weighted by Gasteiger charge is 2.15. The van der Waals surface area contributed by atoms with Gasteiger partial charge < -0.3 is 4.74 Å². The number of benzene rings is 2. The van der Waals surface area contributed by atoms with E-state index in [0.717, 1.165) is 4.68 Å². The van der Waals surface area contributed by atoms with Crippen LogP contribution in [0.2, 0.25) is 15.1 Å². The molecule has 0 spiro atoms. The van der Waals surface area contributed by atoms with Crippen LogP contribution >= 0.6 is 34.8 Å². The molecule has 2 aromatic carbocycles. The van der Waals surface area contributed by atoms with Crippen LogP contribution in [-0.4, -0.2) is 19.3 Å². The lowest BCUT2D eigenvalue weighted by molar-refractivity contribution is 0.478. The number of ether oxygens (including phenoxy) is 1. The van der Waals surface area contributed by atoms with E-state index in [0.29, 0.717) is 10.7 Å². The van der Waals surface area contributed by atoms with Crippen LogP contribution < -0.4 is 21.5 Å². The fourth-order valence-corrected chi connectivity index (χ4v) is 3.63. The molecule has 1 N–H and O–H groups in total. The molecule has 0 bridgehead atoms. The van der Waals surface area contributed by atoms with Crippen LogP contribution in [0.25, 0.3) is 11.4 Å². The second-order valence-corrected chi connectivity index (χ2v) is 7.78. The van der Waals surface area contributed by atoms with Crippen LogP contribution in [0, 0.1) is 11.3 Å². The van der Waals surface area contributed by atoms with Crippen molar-refractivity contribution < 1.29 is 4.74 Å². The number of aromatic nitrogens is 4. The predicted octanol–water partition coefficient (Wildman–Crippen LogP) is 3.70. The third-order valence-electron chi connectivity index (χ3n) is 4.35. The summed E-state index contributed by atoms with van der Waals surface area (Å²) in [6.07, 6.45) is 1.45. The maximum absolute atomic E-state index is 12.3. The summed E-state index contributed by atoms with van der Waals surface area (Å²) in [6.45, 7) is 0. The lowest BCUT2D eigenvalue weighted by atomic mass is 10.3. The molecule has 0 amide bonds. The van der Waals surface area contributed by atoms with Gasteiger partial charge in [0, 0.05) is 11.1 Å². The number of aromatic amines is 1. The predicted molar refractivity (Wildman–Crippen MR) is 122 cm³/mol. The number of nitrogens with zero attached hydrogens (tertiary/aromatic N) is 4. The summed E-state index contributed by atoms with van der Waals surface area (Å²) in [5.74, 6) is 0.300. The highest BCUT2D eigenvalue weighted by Crippen LogP contribution is 2.38. The standard InChI is InChI=1S/C21H10Cl3N5O4/c22-11-2-1-3-12(6-11)28-10-14(4-5-18(28)30)33-19-15(23)7-13(8-16(19)24)29-21(32)26-20(31)17(9-25)27-29/h1-8,10H,(H,26,31,32). The average Bonchev–Trinajstić information content (AvgIpc) is 2.77. The zero-order valence-electron chi connectivity index (χ0n) is 16.3. The number of hydrogen-bond acceptors (Lipinski definition) is 6. The van der Waals surface area contributed by atoms with Crippen molar-refractivity contribution in [1.29, 1.82) is 5.26 Å². The number of halogens is 3. The van der Waals surface area contributed by atoms with Crippen molar-refractivity contribution in [2.24, 2.45) is 0 Å². The SMILES string of the molecule is N#Cc1nn(-c2cc(Cl)c(Oc3ccc(=O)n(-c4cccc(Cl)c4)c3)c(Cl)c2)c(=O)[nH]c1=O. The third kappa shape index (κ3) is 4.54. The minimum absolute atomic E-state index is 0.0106. The molecule has 0 aliphatic rings. The smallest absolute Gasteiger partial charge is 0.349 e. The molecule has 4 rings (SSSR count). The highest BCUT2D eigenvalue weighted by atomic mass is 35.5. The molecule has 2 heterocycles.